The van der Waals surface area contributed by atoms with Crippen molar-refractivity contribution >= 4 is 125 Å². The minimum atomic E-state index is -5.18. The molecule has 0 aliphatic heterocycles. The number of nitrogens with zero attached hydrogens (tertiary/aromatic N) is 4. The number of anilines is 1. The number of rotatable bonds is 21. The second kappa shape index (κ2) is 20.3. The SMILES string of the molecule is Nc1c(N=Nc2ccc(S(=O)(=O)CCOS(=O)(=O)O)cc2)c(S(=O)(=O)O)cc2cc(SOOO)c(N=Nc3ccc4cc(S(=O)(=O)CCOSOOO)cc(S(=O)(=O)O)c4c3)c(O)c12. The molecule has 27 nitrogen and oxygen atoms in total. The van der Waals surface area contributed by atoms with Gasteiger partial charge in [-0.05, 0) is 71.4 Å². The van der Waals surface area contributed by atoms with Crippen molar-refractivity contribution < 1.29 is 98.5 Å². The van der Waals surface area contributed by atoms with E-state index in [0.717, 1.165) is 48.5 Å². The Hall–Kier alpha value is -4.57. The van der Waals surface area contributed by atoms with Crippen molar-refractivity contribution in [1.82, 2.24) is 0 Å². The van der Waals surface area contributed by atoms with Crippen molar-refractivity contribution in [2.45, 2.75) is 24.5 Å². The maximum Gasteiger partial charge on any atom is 0.397 e. The summed E-state index contributed by atoms with van der Waals surface area (Å²) >= 11 is 0.305. The molecule has 0 atom stereocenters. The lowest BCUT2D eigenvalue weighted by molar-refractivity contribution is -0.434. The third-order valence-electron chi connectivity index (χ3n) is 8.11. The Bertz CT molecular complexity index is 3230. The summed E-state index contributed by atoms with van der Waals surface area (Å²) in [5, 5.41) is 50.2. The van der Waals surface area contributed by atoms with Crippen molar-refractivity contribution in [1.29, 1.82) is 0 Å². The van der Waals surface area contributed by atoms with E-state index in [0.29, 0.717) is 6.07 Å². The summed E-state index contributed by atoms with van der Waals surface area (Å²) in [5.41, 5.74) is 4.12. The van der Waals surface area contributed by atoms with Crippen molar-refractivity contribution in [3.63, 3.8) is 0 Å². The van der Waals surface area contributed by atoms with Gasteiger partial charge in [-0.1, -0.05) is 16.1 Å². The molecule has 0 saturated heterocycles. The normalized spacial score (nSPS) is 13.2. The number of nitrogen functional groups attached to an aromatic ring is 1. The van der Waals surface area contributed by atoms with Gasteiger partial charge in [-0.25, -0.2) is 31.5 Å². The molecule has 5 rings (SSSR count). The standard InChI is InChI=1S/C30H27N5O22S7/c31-27-26-17(13-25(63(46,47)48)29(27)35-32-18-3-5-20(6-4-18)60(39,40)10-8-53-64(49,50)51)12-23(58-56-54-37)28(30(26)36)34-33-19-2-1-16-11-21(15-24(22(16)14-19)62(43,44)45)61(41,42)9-7-52-59-57-55-38/h1-6,11-15,36-38H,7-10,31H2,(H,43,44,45)(H,46,47,48)(H,49,50,51). The molecular weight excluding hydrogens is 1010 g/mol. The first-order valence-electron chi connectivity index (χ1n) is 16.4. The minimum absolute atomic E-state index is 0.0211. The zero-order valence-electron chi connectivity index (χ0n) is 31.1. The van der Waals surface area contributed by atoms with Crippen molar-refractivity contribution in [3.8, 4) is 5.75 Å². The van der Waals surface area contributed by atoms with Gasteiger partial charge < -0.3 is 10.8 Å². The number of aromatic hydroxyl groups is 1. The number of nitrogens with two attached hydrogens (primary N) is 1. The fourth-order valence-corrected chi connectivity index (χ4v) is 10.3. The highest BCUT2D eigenvalue weighted by Gasteiger charge is 2.27. The zero-order valence-corrected chi connectivity index (χ0v) is 36.8. The number of hydrogen-bond donors (Lipinski definition) is 7. The van der Waals surface area contributed by atoms with Crippen molar-refractivity contribution in [2.24, 2.45) is 20.5 Å². The Morgan fingerprint density at radius 3 is 1.83 bits per heavy atom. The lowest BCUT2D eigenvalue weighted by Crippen LogP contribution is -2.15. The van der Waals surface area contributed by atoms with Crippen LogP contribution in [0.5, 0.6) is 5.75 Å². The fourth-order valence-electron chi connectivity index (χ4n) is 5.39. The number of fused-ring (bicyclic) bond motifs is 2. The van der Waals surface area contributed by atoms with Crippen LogP contribution >= 0.6 is 24.4 Å². The average Bonchev–Trinajstić information content (AvgIpc) is 3.20. The number of benzene rings is 5. The van der Waals surface area contributed by atoms with Crippen LogP contribution in [0.3, 0.4) is 0 Å². The van der Waals surface area contributed by atoms with Gasteiger partial charge in [0.15, 0.2) is 37.7 Å². The summed E-state index contributed by atoms with van der Waals surface area (Å²) in [5.74, 6) is -2.42. The van der Waals surface area contributed by atoms with Crippen LogP contribution in [-0.2, 0) is 77.4 Å². The molecule has 0 aromatic heterocycles. The molecule has 0 aliphatic carbocycles. The number of sulfone groups is 2. The van der Waals surface area contributed by atoms with Crippen LogP contribution < -0.4 is 5.73 Å². The molecule has 0 saturated carbocycles. The van der Waals surface area contributed by atoms with E-state index in [1.165, 1.54) is 12.1 Å². The largest absolute Gasteiger partial charge is 0.505 e. The van der Waals surface area contributed by atoms with Gasteiger partial charge in [-0.15, -0.1) is 18.9 Å². The van der Waals surface area contributed by atoms with Crippen molar-refractivity contribution in [2.75, 3.05) is 30.5 Å². The predicted octanol–water partition coefficient (Wildman–Crippen LogP) is 5.40. The molecule has 0 heterocycles. The summed E-state index contributed by atoms with van der Waals surface area (Å²) in [6, 6.07) is 11.5. The molecule has 34 heteroatoms. The fraction of sp³-hybridized carbons (Fsp3) is 0.133. The van der Waals surface area contributed by atoms with E-state index in [-0.39, 0.29) is 67.1 Å². The maximum atomic E-state index is 13.0. The summed E-state index contributed by atoms with van der Waals surface area (Å²) in [4.78, 5) is -2.94. The van der Waals surface area contributed by atoms with Gasteiger partial charge in [0.05, 0.1) is 73.9 Å². The second-order valence-corrected chi connectivity index (χ2v) is 21.5. The monoisotopic (exact) mass is 1030 g/mol. The molecule has 346 valence electrons. The van der Waals surface area contributed by atoms with Crippen molar-refractivity contribution in [3.05, 3.63) is 66.7 Å². The van der Waals surface area contributed by atoms with Gasteiger partial charge >= 0.3 is 10.4 Å². The summed E-state index contributed by atoms with van der Waals surface area (Å²) in [6.07, 6.45) is 0. The average molecular weight is 1030 g/mol. The Labute approximate surface area is 369 Å². The van der Waals surface area contributed by atoms with E-state index in [2.05, 4.69) is 43.4 Å². The van der Waals surface area contributed by atoms with Gasteiger partial charge in [0, 0.05) is 5.39 Å². The lowest BCUT2D eigenvalue weighted by Gasteiger charge is -2.14. The lowest BCUT2D eigenvalue weighted by atomic mass is 10.1. The topological polar surface area (TPSA) is 423 Å². The molecule has 0 fully saturated rings. The van der Waals surface area contributed by atoms with Crippen LogP contribution in [0.4, 0.5) is 28.4 Å². The van der Waals surface area contributed by atoms with Gasteiger partial charge in [-0.3, -0.25) is 17.8 Å². The molecule has 0 radical (unpaired) electrons. The molecule has 0 spiro atoms. The predicted molar refractivity (Wildman–Crippen MR) is 219 cm³/mol. The first kappa shape index (κ1) is 50.4. The highest BCUT2D eigenvalue weighted by Crippen LogP contribution is 2.50. The number of azo groups is 2. The number of hydrogen-bond acceptors (Lipinski definition) is 26. The molecule has 64 heavy (non-hydrogen) atoms. The first-order chi connectivity index (χ1) is 29.9. The van der Waals surface area contributed by atoms with Crippen LogP contribution in [0.25, 0.3) is 21.5 Å². The summed E-state index contributed by atoms with van der Waals surface area (Å²) in [7, 11) is -23.6. The number of phenols is 1. The Morgan fingerprint density at radius 1 is 0.609 bits per heavy atom. The van der Waals surface area contributed by atoms with E-state index >= 15 is 0 Å². The van der Waals surface area contributed by atoms with E-state index in [1.54, 1.807) is 0 Å². The van der Waals surface area contributed by atoms with Gasteiger partial charge in [-0.2, -0.15) is 35.5 Å². The molecule has 0 amide bonds. The van der Waals surface area contributed by atoms with Gasteiger partial charge in [0.1, 0.15) is 21.2 Å². The van der Waals surface area contributed by atoms with E-state index in [4.69, 9.17) is 25.0 Å². The molecular formula is C30H27N5O22S7. The Balaban J connectivity index is 1.57. The molecule has 0 unspecified atom stereocenters. The quantitative estimate of drug-likeness (QED) is 0.00919. The summed E-state index contributed by atoms with van der Waals surface area (Å²) in [6.45, 7) is -1.42. The van der Waals surface area contributed by atoms with Gasteiger partial charge in [0.25, 0.3) is 20.2 Å². The maximum absolute atomic E-state index is 13.0. The van der Waals surface area contributed by atoms with E-state index in [1.807, 2.05) is 0 Å². The highest BCUT2D eigenvalue weighted by atomic mass is 32.3. The second-order valence-electron chi connectivity index (χ2n) is 12.1. The van der Waals surface area contributed by atoms with Crippen LogP contribution in [0, 0.1) is 0 Å². The first-order valence-corrected chi connectivity index (χ1v) is 25.4. The van der Waals surface area contributed by atoms with E-state index < -0.39 is 113 Å². The molecule has 0 aliphatic rings. The Kier molecular flexibility index (Phi) is 16.0. The Morgan fingerprint density at radius 2 is 1.20 bits per heavy atom. The smallest absolute Gasteiger partial charge is 0.397 e. The molecule has 5 aromatic rings. The summed E-state index contributed by atoms with van der Waals surface area (Å²) < 4.78 is 169. The molecule has 5 aromatic carbocycles. The van der Waals surface area contributed by atoms with Crippen LogP contribution in [0.15, 0.2) is 112 Å². The van der Waals surface area contributed by atoms with Crippen LogP contribution in [0.2, 0.25) is 0 Å². The molecule has 8 N–H and O–H groups in total. The third kappa shape index (κ3) is 12.6. The van der Waals surface area contributed by atoms with E-state index in [9.17, 15) is 56.3 Å². The third-order valence-corrected chi connectivity index (χ3v) is 14.7. The number of phenolic OH excluding ortho intramolecular Hbond substituents is 1. The van der Waals surface area contributed by atoms with Gasteiger partial charge in [0.2, 0.25) is 0 Å². The van der Waals surface area contributed by atoms with Crippen LogP contribution in [0.1, 0.15) is 0 Å². The van der Waals surface area contributed by atoms with Crippen LogP contribution in [-0.4, -0.2) is 96.1 Å². The zero-order chi connectivity index (χ0) is 47.3. The highest BCUT2D eigenvalue weighted by molar-refractivity contribution is 7.94. The molecule has 0 bridgehead atoms. The minimum Gasteiger partial charge on any atom is -0.505 e.